The van der Waals surface area contributed by atoms with Gasteiger partial charge in [0.25, 0.3) is 5.89 Å². The Labute approximate surface area is 195 Å². The van der Waals surface area contributed by atoms with Crippen LogP contribution in [0.25, 0.3) is 17.0 Å². The summed E-state index contributed by atoms with van der Waals surface area (Å²) in [6.45, 7) is 9.56. The van der Waals surface area contributed by atoms with E-state index in [0.29, 0.717) is 17.6 Å². The largest absolute Gasteiger partial charge is 0.351 e. The Morgan fingerprint density at radius 2 is 1.81 bits per heavy atom. The molecule has 1 N–H and O–H groups in total. The topological polar surface area (TPSA) is 54.2 Å². The second kappa shape index (κ2) is 9.65. The van der Waals surface area contributed by atoms with Gasteiger partial charge in [-0.15, -0.1) is 0 Å². The average molecular weight is 447 g/mol. The molecule has 1 atom stereocenters. The van der Waals surface area contributed by atoms with E-state index in [1.807, 2.05) is 30.3 Å². The first kappa shape index (κ1) is 22.2. The van der Waals surface area contributed by atoms with E-state index in [-0.39, 0.29) is 6.04 Å². The third-order valence-electron chi connectivity index (χ3n) is 5.94. The highest BCUT2D eigenvalue weighted by Gasteiger charge is 2.34. The highest BCUT2D eigenvalue weighted by Crippen LogP contribution is 2.37. The number of benzene rings is 2. The number of hydrogen-bond donors (Lipinski definition) is 1. The first-order valence-corrected chi connectivity index (χ1v) is 11.7. The summed E-state index contributed by atoms with van der Waals surface area (Å²) in [5.41, 5.74) is 5.39. The highest BCUT2D eigenvalue weighted by atomic mass is 32.1. The first-order valence-electron chi connectivity index (χ1n) is 11.2. The molecule has 0 amide bonds. The minimum absolute atomic E-state index is 0.146. The quantitative estimate of drug-likeness (QED) is 0.449. The number of aryl methyl sites for hydroxylation is 1. The van der Waals surface area contributed by atoms with Crippen molar-refractivity contribution in [3.63, 3.8) is 0 Å². The molecule has 1 aliphatic rings. The summed E-state index contributed by atoms with van der Waals surface area (Å²) in [5, 5.41) is 8.55. The summed E-state index contributed by atoms with van der Waals surface area (Å²) in [6, 6.07) is 18.4. The van der Waals surface area contributed by atoms with Crippen molar-refractivity contribution in [2.45, 2.75) is 46.6 Å². The van der Waals surface area contributed by atoms with E-state index >= 15 is 0 Å². The zero-order valence-corrected chi connectivity index (χ0v) is 19.9. The van der Waals surface area contributed by atoms with Crippen molar-refractivity contribution in [3.05, 3.63) is 77.3 Å². The van der Waals surface area contributed by atoms with Crippen molar-refractivity contribution in [2.75, 3.05) is 6.54 Å². The van der Waals surface area contributed by atoms with Crippen LogP contribution in [0.5, 0.6) is 0 Å². The Morgan fingerprint density at radius 1 is 1.09 bits per heavy atom. The van der Waals surface area contributed by atoms with Crippen LogP contribution < -0.4 is 5.32 Å². The molecule has 0 saturated carbocycles. The minimum Gasteiger partial charge on any atom is -0.351 e. The van der Waals surface area contributed by atoms with E-state index in [2.05, 4.69) is 67.3 Å². The van der Waals surface area contributed by atoms with Crippen molar-refractivity contribution >= 4 is 22.9 Å². The Hall–Kier alpha value is -2.99. The minimum atomic E-state index is -0.146. The van der Waals surface area contributed by atoms with Crippen LogP contribution >= 0.6 is 12.2 Å². The molecule has 1 unspecified atom stereocenters. The third kappa shape index (κ3) is 4.60. The molecule has 1 aliphatic heterocycles. The number of nitrogens with one attached hydrogen (secondary N) is 1. The van der Waals surface area contributed by atoms with Gasteiger partial charge in [-0.25, -0.2) is 0 Å². The summed E-state index contributed by atoms with van der Waals surface area (Å²) in [6.07, 6.45) is 2.05. The summed E-state index contributed by atoms with van der Waals surface area (Å²) in [5.74, 6) is 1.69. The summed E-state index contributed by atoms with van der Waals surface area (Å²) in [4.78, 5) is 6.93. The van der Waals surface area contributed by atoms with Gasteiger partial charge in [0.2, 0.25) is 5.82 Å². The van der Waals surface area contributed by atoms with Gasteiger partial charge in [0, 0.05) is 17.8 Å². The molecule has 166 valence electrons. The van der Waals surface area contributed by atoms with Crippen LogP contribution in [0.4, 0.5) is 0 Å². The molecular formula is C26H30N4OS. The molecule has 0 fully saturated rings. The molecule has 32 heavy (non-hydrogen) atoms. The van der Waals surface area contributed by atoms with Gasteiger partial charge in [-0.2, -0.15) is 4.98 Å². The number of nitrogens with zero attached hydrogens (tertiary/aromatic N) is 3. The van der Waals surface area contributed by atoms with Crippen LogP contribution in [0.1, 0.15) is 57.2 Å². The molecule has 0 radical (unpaired) electrons. The van der Waals surface area contributed by atoms with E-state index in [4.69, 9.17) is 21.7 Å². The van der Waals surface area contributed by atoms with E-state index in [9.17, 15) is 0 Å². The highest BCUT2D eigenvalue weighted by molar-refractivity contribution is 7.80. The van der Waals surface area contributed by atoms with Gasteiger partial charge in [0.15, 0.2) is 5.11 Å². The first-order chi connectivity index (χ1) is 15.5. The van der Waals surface area contributed by atoms with Crippen LogP contribution in [0.2, 0.25) is 0 Å². The molecule has 0 saturated heterocycles. The maximum Gasteiger partial charge on any atom is 0.258 e. The van der Waals surface area contributed by atoms with Crippen molar-refractivity contribution in [1.29, 1.82) is 0 Å². The predicted octanol–water partition coefficient (Wildman–Crippen LogP) is 6.01. The zero-order valence-electron chi connectivity index (χ0n) is 19.1. The van der Waals surface area contributed by atoms with Gasteiger partial charge >= 0.3 is 0 Å². The summed E-state index contributed by atoms with van der Waals surface area (Å²) >= 11 is 5.78. The number of allylic oxidation sites excluding steroid dienone is 1. The second-order valence-corrected chi connectivity index (χ2v) is 8.99. The fourth-order valence-corrected chi connectivity index (χ4v) is 4.29. The molecule has 0 spiro atoms. The third-order valence-corrected chi connectivity index (χ3v) is 6.27. The van der Waals surface area contributed by atoms with Crippen molar-refractivity contribution in [1.82, 2.24) is 20.4 Å². The molecule has 4 rings (SSSR count). The van der Waals surface area contributed by atoms with Crippen LogP contribution in [0, 0.1) is 5.92 Å². The molecule has 2 aromatic carbocycles. The normalized spacial score (nSPS) is 16.6. The van der Waals surface area contributed by atoms with Crippen LogP contribution in [0.15, 0.2) is 64.8 Å². The van der Waals surface area contributed by atoms with Crippen LogP contribution in [-0.2, 0) is 6.42 Å². The molecule has 1 aromatic heterocycles. The molecule has 3 aromatic rings. The maximum absolute atomic E-state index is 5.81. The van der Waals surface area contributed by atoms with Crippen molar-refractivity contribution < 1.29 is 4.52 Å². The number of thiocarbonyl (C=S) groups is 1. The van der Waals surface area contributed by atoms with Gasteiger partial charge in [-0.3, -0.25) is 0 Å². The predicted molar refractivity (Wildman–Crippen MR) is 133 cm³/mol. The molecule has 6 heteroatoms. The summed E-state index contributed by atoms with van der Waals surface area (Å²) in [7, 11) is 0. The lowest BCUT2D eigenvalue weighted by Gasteiger charge is -2.37. The fourth-order valence-electron chi connectivity index (χ4n) is 3.95. The van der Waals surface area contributed by atoms with E-state index in [1.54, 1.807) is 0 Å². The SMILES string of the molecule is CCc1ccc(C2NC(=S)N(CCC(C)C)C(C)=C2c2nc(-c3ccccc3)no2)cc1. The lowest BCUT2D eigenvalue weighted by atomic mass is 9.93. The van der Waals surface area contributed by atoms with Gasteiger partial charge in [-0.1, -0.05) is 80.5 Å². The van der Waals surface area contributed by atoms with Crippen molar-refractivity contribution in [3.8, 4) is 11.4 Å². The monoisotopic (exact) mass is 446 g/mol. The number of aromatic nitrogens is 2. The smallest absolute Gasteiger partial charge is 0.258 e. The lowest BCUT2D eigenvalue weighted by Crippen LogP contribution is -2.46. The van der Waals surface area contributed by atoms with Gasteiger partial charge in [0.1, 0.15) is 0 Å². The number of rotatable bonds is 7. The van der Waals surface area contributed by atoms with Gasteiger partial charge in [-0.05, 0) is 49.0 Å². The van der Waals surface area contributed by atoms with Crippen LogP contribution in [-0.4, -0.2) is 26.7 Å². The number of hydrogen-bond acceptors (Lipinski definition) is 4. The van der Waals surface area contributed by atoms with Crippen LogP contribution in [0.3, 0.4) is 0 Å². The standard InChI is InChI=1S/C26H30N4OS/c1-5-19-11-13-20(14-12-19)23-22(18(4)30(26(32)27-23)16-15-17(2)3)25-28-24(29-31-25)21-9-7-6-8-10-21/h6-14,17,23H,5,15-16H2,1-4H3,(H,27,32). The molecular weight excluding hydrogens is 416 g/mol. The van der Waals surface area contributed by atoms with Gasteiger partial charge < -0.3 is 14.7 Å². The molecule has 0 bridgehead atoms. The maximum atomic E-state index is 5.81. The van der Waals surface area contributed by atoms with E-state index < -0.39 is 0 Å². The van der Waals surface area contributed by atoms with E-state index in [0.717, 1.165) is 46.9 Å². The Bertz CT molecular complexity index is 1100. The Balaban J connectivity index is 1.77. The molecule has 0 aliphatic carbocycles. The zero-order chi connectivity index (χ0) is 22.7. The molecule has 2 heterocycles. The Morgan fingerprint density at radius 3 is 2.47 bits per heavy atom. The molecule has 5 nitrogen and oxygen atoms in total. The van der Waals surface area contributed by atoms with Crippen molar-refractivity contribution in [2.24, 2.45) is 5.92 Å². The average Bonchev–Trinajstić information content (AvgIpc) is 3.29. The summed E-state index contributed by atoms with van der Waals surface area (Å²) < 4.78 is 5.81. The lowest BCUT2D eigenvalue weighted by molar-refractivity contribution is 0.390. The van der Waals surface area contributed by atoms with E-state index in [1.165, 1.54) is 5.56 Å². The Kier molecular flexibility index (Phi) is 6.70. The van der Waals surface area contributed by atoms with Gasteiger partial charge in [0.05, 0.1) is 11.6 Å². The second-order valence-electron chi connectivity index (χ2n) is 8.60. The fraction of sp³-hybridized carbons (Fsp3) is 0.346.